The summed E-state index contributed by atoms with van der Waals surface area (Å²) in [5, 5.41) is 0. The van der Waals surface area contributed by atoms with E-state index in [4.69, 9.17) is 0 Å². The smallest absolute Gasteiger partial charge is 0.221 e. The molecule has 0 bridgehead atoms. The van der Waals surface area contributed by atoms with E-state index in [-0.39, 0.29) is 22.3 Å². The Morgan fingerprint density at radius 1 is 0.643 bits per heavy atom. The Morgan fingerprint density at radius 2 is 1.18 bits per heavy atom. The van der Waals surface area contributed by atoms with Gasteiger partial charge in [0.2, 0.25) is 0 Å². The van der Waals surface area contributed by atoms with Crippen LogP contribution < -0.4 is 0 Å². The van der Waals surface area contributed by atoms with Gasteiger partial charge in [-0.15, -0.1) is 0 Å². The molecule has 0 nitrogen and oxygen atoms in total. The number of alkyl halides is 9. The van der Waals surface area contributed by atoms with Crippen molar-refractivity contribution >= 4 is 0 Å². The van der Waals surface area contributed by atoms with Crippen molar-refractivity contribution < 1.29 is 39.5 Å². The number of halogens is 9. The van der Waals surface area contributed by atoms with Crippen LogP contribution >= 0.6 is 0 Å². The van der Waals surface area contributed by atoms with Crippen LogP contribution in [0.5, 0.6) is 0 Å². The summed E-state index contributed by atoms with van der Waals surface area (Å²) in [5.41, 5.74) is -8.33. The van der Waals surface area contributed by atoms with Gasteiger partial charge in [-0.3, -0.25) is 0 Å². The lowest BCUT2D eigenvalue weighted by molar-refractivity contribution is -0.389. The molecule has 28 heavy (non-hydrogen) atoms. The predicted octanol–water partition coefficient (Wildman–Crippen LogP) is 7.20. The van der Waals surface area contributed by atoms with E-state index >= 15 is 4.39 Å². The third kappa shape index (κ3) is 3.24. The van der Waals surface area contributed by atoms with Crippen LogP contribution in [0.25, 0.3) is 11.1 Å². The molecule has 0 saturated carbocycles. The Kier molecular flexibility index (Phi) is 5.29. The highest BCUT2D eigenvalue weighted by Crippen LogP contribution is 2.60. The Hall–Kier alpha value is -2.19. The lowest BCUT2D eigenvalue weighted by atomic mass is 9.79. The van der Waals surface area contributed by atoms with Gasteiger partial charge in [0.1, 0.15) is 0 Å². The molecule has 0 aliphatic rings. The maximum absolute atomic E-state index is 15.1. The summed E-state index contributed by atoms with van der Waals surface area (Å²) in [5.74, 6) is -6.71. The van der Waals surface area contributed by atoms with E-state index in [1.807, 2.05) is 0 Å². The molecule has 2 aromatic rings. The molecule has 0 spiro atoms. The number of rotatable bonds is 3. The van der Waals surface area contributed by atoms with Gasteiger partial charge in [-0.1, -0.05) is 42.0 Å². The van der Waals surface area contributed by atoms with Crippen molar-refractivity contribution in [1.29, 1.82) is 0 Å². The summed E-state index contributed by atoms with van der Waals surface area (Å²) >= 11 is 0. The summed E-state index contributed by atoms with van der Waals surface area (Å²) in [6.07, 6.45) is -13.3. The maximum atomic E-state index is 15.1. The maximum Gasteiger partial charge on any atom is 0.457 e. The number of hydrogen-bond acceptors (Lipinski definition) is 0. The van der Waals surface area contributed by atoms with E-state index in [0.717, 1.165) is 0 Å². The normalized spacial score (nSPS) is 15.4. The molecule has 0 aromatic heterocycles. The molecule has 0 N–H and O–H groups in total. The molecule has 2 rings (SSSR count). The van der Waals surface area contributed by atoms with Gasteiger partial charge >= 0.3 is 23.9 Å². The third-order valence-corrected chi connectivity index (χ3v) is 4.44. The van der Waals surface area contributed by atoms with Gasteiger partial charge in [-0.25, -0.2) is 4.39 Å². The molecule has 1 atom stereocenters. The summed E-state index contributed by atoms with van der Waals surface area (Å²) in [4.78, 5) is 0. The number of hydrogen-bond donors (Lipinski definition) is 0. The number of aryl methyl sites for hydroxylation is 3. The zero-order valence-corrected chi connectivity index (χ0v) is 14.9. The van der Waals surface area contributed by atoms with Gasteiger partial charge in [0.15, 0.2) is 0 Å². The Labute approximate surface area is 155 Å². The Balaban J connectivity index is 3.04. The van der Waals surface area contributed by atoms with E-state index < -0.39 is 35.1 Å². The van der Waals surface area contributed by atoms with Crippen LogP contribution in [0.4, 0.5) is 39.5 Å². The zero-order chi connectivity index (χ0) is 21.7. The molecule has 0 saturated heterocycles. The molecule has 0 aliphatic heterocycles. The van der Waals surface area contributed by atoms with Crippen LogP contribution in [0.2, 0.25) is 0 Å². The SMILES string of the molecule is Cc1cc(C)c(-c2ccccc2C)c(C(F)(C(F)(F)F)C(F)(F)C(F)(F)F)c1. The minimum absolute atomic E-state index is 0.0615. The molecule has 0 aliphatic carbocycles. The van der Waals surface area contributed by atoms with Crippen molar-refractivity contribution in [3.63, 3.8) is 0 Å². The van der Waals surface area contributed by atoms with Crippen LogP contribution in [0.15, 0.2) is 36.4 Å². The molecule has 1 unspecified atom stereocenters. The van der Waals surface area contributed by atoms with Gasteiger partial charge in [0.25, 0.3) is 0 Å². The lowest BCUT2D eigenvalue weighted by Gasteiger charge is -2.37. The van der Waals surface area contributed by atoms with Crippen molar-refractivity contribution in [2.45, 2.75) is 44.7 Å². The molecule has 154 valence electrons. The fourth-order valence-corrected chi connectivity index (χ4v) is 3.15. The van der Waals surface area contributed by atoms with Gasteiger partial charge in [0, 0.05) is 5.56 Å². The lowest BCUT2D eigenvalue weighted by Crippen LogP contribution is -2.60. The van der Waals surface area contributed by atoms with Crippen LogP contribution in [0, 0.1) is 20.8 Å². The number of benzene rings is 2. The van der Waals surface area contributed by atoms with Crippen molar-refractivity contribution in [3.05, 3.63) is 58.7 Å². The Morgan fingerprint density at radius 3 is 1.64 bits per heavy atom. The van der Waals surface area contributed by atoms with Crippen LogP contribution in [-0.2, 0) is 5.67 Å². The average molecular weight is 414 g/mol. The van der Waals surface area contributed by atoms with Crippen molar-refractivity contribution in [1.82, 2.24) is 0 Å². The van der Waals surface area contributed by atoms with Gasteiger partial charge in [0.05, 0.1) is 0 Å². The van der Waals surface area contributed by atoms with E-state index in [1.165, 1.54) is 51.1 Å². The second kappa shape index (κ2) is 6.70. The largest absolute Gasteiger partial charge is 0.457 e. The second-order valence-electron chi connectivity index (χ2n) is 6.55. The summed E-state index contributed by atoms with van der Waals surface area (Å²) < 4.78 is 122. The van der Waals surface area contributed by atoms with Crippen LogP contribution in [-0.4, -0.2) is 18.3 Å². The van der Waals surface area contributed by atoms with E-state index in [9.17, 15) is 35.1 Å². The first-order valence-electron chi connectivity index (χ1n) is 7.93. The van der Waals surface area contributed by atoms with Gasteiger partial charge < -0.3 is 0 Å². The zero-order valence-electron chi connectivity index (χ0n) is 14.9. The first-order chi connectivity index (χ1) is 12.6. The highest BCUT2D eigenvalue weighted by Gasteiger charge is 2.82. The molecular weight excluding hydrogens is 399 g/mol. The molecule has 0 heterocycles. The monoisotopic (exact) mass is 414 g/mol. The molecule has 2 aromatic carbocycles. The first-order valence-corrected chi connectivity index (χ1v) is 7.93. The highest BCUT2D eigenvalue weighted by atomic mass is 19.4. The molecule has 0 radical (unpaired) electrons. The van der Waals surface area contributed by atoms with E-state index in [0.29, 0.717) is 6.07 Å². The summed E-state index contributed by atoms with van der Waals surface area (Å²) in [7, 11) is 0. The van der Waals surface area contributed by atoms with Crippen molar-refractivity contribution in [3.8, 4) is 11.1 Å². The molecule has 9 heteroatoms. The van der Waals surface area contributed by atoms with E-state index in [2.05, 4.69) is 0 Å². The highest BCUT2D eigenvalue weighted by molar-refractivity contribution is 5.75. The topological polar surface area (TPSA) is 0 Å². The summed E-state index contributed by atoms with van der Waals surface area (Å²) in [6.45, 7) is 3.83. The minimum atomic E-state index is -6.77. The molecule has 0 fully saturated rings. The predicted molar refractivity (Wildman–Crippen MR) is 85.9 cm³/mol. The Bertz CT molecular complexity index is 878. The molecule has 0 amide bonds. The van der Waals surface area contributed by atoms with E-state index in [1.54, 1.807) is 0 Å². The van der Waals surface area contributed by atoms with Crippen LogP contribution in [0.3, 0.4) is 0 Å². The minimum Gasteiger partial charge on any atom is -0.221 e. The fourth-order valence-electron chi connectivity index (χ4n) is 3.15. The fraction of sp³-hybridized carbons (Fsp3) is 0.368. The molecular formula is C19H15F9. The summed E-state index contributed by atoms with van der Waals surface area (Å²) in [6, 6.07) is 7.20. The standard InChI is InChI=1S/C19H15F9/c1-10-8-12(3)15(13-7-5-4-6-11(13)2)14(9-10)16(20,18(23,24)25)17(21,22)19(26,27)28/h4-9H,1-3H3. The first kappa shape index (κ1) is 22.1. The quantitative estimate of drug-likeness (QED) is 0.466. The van der Waals surface area contributed by atoms with Gasteiger partial charge in [-0.05, 0) is 43.0 Å². The van der Waals surface area contributed by atoms with Gasteiger partial charge in [-0.2, -0.15) is 35.1 Å². The third-order valence-electron chi connectivity index (χ3n) is 4.44. The van der Waals surface area contributed by atoms with Crippen molar-refractivity contribution in [2.75, 3.05) is 0 Å². The average Bonchev–Trinajstić information content (AvgIpc) is 2.52. The van der Waals surface area contributed by atoms with Crippen molar-refractivity contribution in [2.24, 2.45) is 0 Å². The van der Waals surface area contributed by atoms with Crippen LogP contribution in [0.1, 0.15) is 22.3 Å². The second-order valence-corrected chi connectivity index (χ2v) is 6.55.